The van der Waals surface area contributed by atoms with Crippen LogP contribution in [0.1, 0.15) is 106 Å². The highest BCUT2D eigenvalue weighted by molar-refractivity contribution is 6.03. The van der Waals surface area contributed by atoms with E-state index in [1.165, 1.54) is 36.0 Å². The van der Waals surface area contributed by atoms with Crippen molar-refractivity contribution >= 4 is 5.78 Å². The maximum absolute atomic E-state index is 13.1. The normalized spacial score (nSPS) is 18.4. The molecule has 1 heteroatoms. The van der Waals surface area contributed by atoms with E-state index in [-0.39, 0.29) is 5.41 Å². The Bertz CT molecular complexity index is 574. The van der Waals surface area contributed by atoms with Crippen LogP contribution in [0.3, 0.4) is 0 Å². The molecule has 0 spiro atoms. The van der Waals surface area contributed by atoms with Gasteiger partial charge in [0, 0.05) is 11.0 Å². The van der Waals surface area contributed by atoms with Crippen LogP contribution in [0.15, 0.2) is 12.1 Å². The first kappa shape index (κ1) is 20.2. The van der Waals surface area contributed by atoms with E-state index >= 15 is 0 Å². The maximum Gasteiger partial charge on any atom is 0.169 e. The molecule has 0 heterocycles. The molecule has 2 aliphatic rings. The van der Waals surface area contributed by atoms with Crippen LogP contribution in [0.2, 0.25) is 0 Å². The van der Waals surface area contributed by atoms with Crippen LogP contribution in [0.5, 0.6) is 0 Å². The lowest BCUT2D eigenvalue weighted by Crippen LogP contribution is -2.36. The zero-order valence-corrected chi connectivity index (χ0v) is 17.2. The summed E-state index contributed by atoms with van der Waals surface area (Å²) in [5, 5.41) is 0. The van der Waals surface area contributed by atoms with Gasteiger partial charge in [0.25, 0.3) is 0 Å². The minimum atomic E-state index is -0.0741. The molecule has 1 fully saturated rings. The second kappa shape index (κ2) is 9.01. The van der Waals surface area contributed by atoms with E-state index < -0.39 is 0 Å². The average molecular weight is 343 g/mol. The Morgan fingerprint density at radius 1 is 1.04 bits per heavy atom. The molecule has 0 saturated heterocycles. The van der Waals surface area contributed by atoms with E-state index in [0.717, 1.165) is 56.4 Å². The summed E-state index contributed by atoms with van der Waals surface area (Å²) >= 11 is 0. The minimum Gasteiger partial charge on any atom is -0.294 e. The van der Waals surface area contributed by atoms with Crippen molar-refractivity contribution in [2.45, 2.75) is 98.8 Å². The van der Waals surface area contributed by atoms with Crippen LogP contribution < -0.4 is 0 Å². The van der Waals surface area contributed by atoms with Gasteiger partial charge in [-0.3, -0.25) is 4.79 Å². The van der Waals surface area contributed by atoms with E-state index in [1.54, 1.807) is 0 Å². The van der Waals surface area contributed by atoms with Crippen molar-refractivity contribution in [3.63, 3.8) is 0 Å². The summed E-state index contributed by atoms with van der Waals surface area (Å²) < 4.78 is 0. The highest BCUT2D eigenvalue weighted by Crippen LogP contribution is 2.43. The molecule has 1 aromatic rings. The quantitative estimate of drug-likeness (QED) is 0.540. The molecule has 0 aliphatic heterocycles. The van der Waals surface area contributed by atoms with Crippen LogP contribution in [0.4, 0.5) is 0 Å². The van der Waals surface area contributed by atoms with Crippen molar-refractivity contribution in [1.29, 1.82) is 0 Å². The maximum atomic E-state index is 13.1. The number of carbonyl (C=O) groups excluding carboxylic acids is 1. The zero-order valence-electron chi connectivity index (χ0n) is 17.2. The topological polar surface area (TPSA) is 17.1 Å². The molecule has 0 radical (unpaired) electrons. The second-order valence-corrected chi connectivity index (χ2v) is 8.25. The predicted octanol–water partition coefficient (Wildman–Crippen LogP) is 7.08. The number of ketones is 1. The third-order valence-corrected chi connectivity index (χ3v) is 6.25. The van der Waals surface area contributed by atoms with E-state index in [4.69, 9.17) is 0 Å². The lowest BCUT2D eigenvalue weighted by atomic mass is 9.65. The number of benzene rings is 1. The smallest absolute Gasteiger partial charge is 0.169 e. The van der Waals surface area contributed by atoms with Crippen LogP contribution >= 0.6 is 0 Å². The molecule has 1 saturated carbocycles. The minimum absolute atomic E-state index is 0.0741. The Hall–Kier alpha value is -1.11. The van der Waals surface area contributed by atoms with Gasteiger partial charge in [0.1, 0.15) is 0 Å². The summed E-state index contributed by atoms with van der Waals surface area (Å²) in [6.07, 6.45) is 11.9. The summed E-state index contributed by atoms with van der Waals surface area (Å²) in [6.45, 7) is 11.0. The van der Waals surface area contributed by atoms with Crippen molar-refractivity contribution in [3.05, 3.63) is 34.4 Å². The molecular weight excluding hydrogens is 304 g/mol. The molecule has 25 heavy (non-hydrogen) atoms. The Balaban J connectivity index is 0.000000386. The Morgan fingerprint density at radius 3 is 2.12 bits per heavy atom. The predicted molar refractivity (Wildman–Crippen MR) is 108 cm³/mol. The van der Waals surface area contributed by atoms with Gasteiger partial charge in [-0.2, -0.15) is 0 Å². The van der Waals surface area contributed by atoms with E-state index in [2.05, 4.69) is 46.8 Å². The van der Waals surface area contributed by atoms with Gasteiger partial charge in [-0.1, -0.05) is 65.9 Å². The Labute approximate surface area is 155 Å². The highest BCUT2D eigenvalue weighted by atomic mass is 16.1. The monoisotopic (exact) mass is 342 g/mol. The number of hydrogen-bond acceptors (Lipinski definition) is 1. The van der Waals surface area contributed by atoms with Crippen LogP contribution in [0.25, 0.3) is 0 Å². The molecule has 0 bridgehead atoms. The Morgan fingerprint density at radius 2 is 1.68 bits per heavy atom. The molecule has 0 N–H and O–H groups in total. The van der Waals surface area contributed by atoms with Crippen LogP contribution in [0, 0.1) is 18.3 Å². The molecule has 140 valence electrons. The van der Waals surface area contributed by atoms with Gasteiger partial charge in [-0.05, 0) is 67.7 Å². The molecule has 0 aromatic heterocycles. The average Bonchev–Trinajstić information content (AvgIpc) is 3.44. The van der Waals surface area contributed by atoms with Crippen molar-refractivity contribution < 1.29 is 4.79 Å². The standard InChI is InChI=1S/C19H28O.C5H10/c1-5-9-19(10-6-2)11-8-16-14(4)12-15(7-3)13-17(16)18(19)20;1-2-5-3-4-5/h12-13H,5-11H2,1-4H3;5H,2-4H2,1H3. The van der Waals surface area contributed by atoms with Gasteiger partial charge in [0.05, 0.1) is 0 Å². The molecule has 1 nitrogen and oxygen atoms in total. The van der Waals surface area contributed by atoms with Gasteiger partial charge < -0.3 is 0 Å². The third kappa shape index (κ3) is 4.74. The number of Topliss-reactive ketones (excluding diaryl/α,β-unsaturated/α-hetero) is 1. The van der Waals surface area contributed by atoms with Crippen molar-refractivity contribution in [1.82, 2.24) is 0 Å². The van der Waals surface area contributed by atoms with Gasteiger partial charge in [-0.25, -0.2) is 0 Å². The number of hydrogen-bond donors (Lipinski definition) is 0. The van der Waals surface area contributed by atoms with Crippen molar-refractivity contribution in [3.8, 4) is 0 Å². The number of carbonyl (C=O) groups is 1. The van der Waals surface area contributed by atoms with Gasteiger partial charge in [0.15, 0.2) is 5.78 Å². The molecule has 3 rings (SSSR count). The molecule has 1 aromatic carbocycles. The molecule has 2 aliphatic carbocycles. The highest BCUT2D eigenvalue weighted by Gasteiger charge is 2.41. The lowest BCUT2D eigenvalue weighted by Gasteiger charge is -2.37. The number of rotatable bonds is 6. The van der Waals surface area contributed by atoms with E-state index in [0.29, 0.717) is 5.78 Å². The second-order valence-electron chi connectivity index (χ2n) is 8.25. The van der Waals surface area contributed by atoms with Crippen molar-refractivity contribution in [2.24, 2.45) is 11.3 Å². The van der Waals surface area contributed by atoms with E-state index in [9.17, 15) is 4.79 Å². The molecule has 0 unspecified atom stereocenters. The fraction of sp³-hybridized carbons (Fsp3) is 0.708. The molecule has 0 atom stereocenters. The molecule has 0 amide bonds. The van der Waals surface area contributed by atoms with Gasteiger partial charge in [-0.15, -0.1) is 0 Å². The Kier molecular flexibility index (Phi) is 7.28. The SMILES string of the molecule is CCC1CC1.CCCC1(CCC)CCc2c(C)cc(CC)cc2C1=O. The fourth-order valence-electron chi connectivity index (χ4n) is 4.48. The zero-order chi connectivity index (χ0) is 18.4. The first-order chi connectivity index (χ1) is 12.0. The fourth-order valence-corrected chi connectivity index (χ4v) is 4.48. The summed E-state index contributed by atoms with van der Waals surface area (Å²) in [6, 6.07) is 4.43. The molecular formula is C24H38O. The first-order valence-corrected chi connectivity index (χ1v) is 10.7. The van der Waals surface area contributed by atoms with Crippen LogP contribution in [-0.4, -0.2) is 5.78 Å². The summed E-state index contributed by atoms with van der Waals surface area (Å²) in [4.78, 5) is 13.1. The summed E-state index contributed by atoms with van der Waals surface area (Å²) in [5.41, 5.74) is 4.90. The van der Waals surface area contributed by atoms with Crippen molar-refractivity contribution in [2.75, 3.05) is 0 Å². The van der Waals surface area contributed by atoms with Gasteiger partial charge >= 0.3 is 0 Å². The summed E-state index contributed by atoms with van der Waals surface area (Å²) in [5.74, 6) is 1.57. The summed E-state index contributed by atoms with van der Waals surface area (Å²) in [7, 11) is 0. The van der Waals surface area contributed by atoms with Crippen LogP contribution in [-0.2, 0) is 12.8 Å². The lowest BCUT2D eigenvalue weighted by molar-refractivity contribution is 0.0713. The first-order valence-electron chi connectivity index (χ1n) is 10.7. The third-order valence-electron chi connectivity index (χ3n) is 6.25. The van der Waals surface area contributed by atoms with Gasteiger partial charge in [0.2, 0.25) is 0 Å². The number of fused-ring (bicyclic) bond motifs is 1. The van der Waals surface area contributed by atoms with E-state index in [1.807, 2.05) is 0 Å². The number of aryl methyl sites for hydroxylation is 2. The largest absolute Gasteiger partial charge is 0.294 e.